The van der Waals surface area contributed by atoms with E-state index >= 15 is 0 Å². The molecule has 0 aliphatic heterocycles. The SMILES string of the molecule is C1=CC=CC=C(C2CCCCCC2)C=1.CC.CC=O. The van der Waals surface area contributed by atoms with Crippen molar-refractivity contribution in [1.29, 1.82) is 0 Å². The zero-order valence-corrected chi connectivity index (χ0v) is 12.7. The van der Waals surface area contributed by atoms with Crippen LogP contribution in [0, 0.1) is 5.92 Å². The molecule has 0 radical (unpaired) electrons. The van der Waals surface area contributed by atoms with Gasteiger partial charge in [0, 0.05) is 0 Å². The Balaban J connectivity index is 0.000000573. The summed E-state index contributed by atoms with van der Waals surface area (Å²) in [6.07, 6.45) is 19.8. The molecule has 0 saturated heterocycles. The molecule has 0 amide bonds. The molecule has 1 saturated carbocycles. The zero-order chi connectivity index (χ0) is 14.3. The highest BCUT2D eigenvalue weighted by atomic mass is 16.1. The van der Waals surface area contributed by atoms with Gasteiger partial charge in [0.1, 0.15) is 6.29 Å². The van der Waals surface area contributed by atoms with Crippen molar-refractivity contribution < 1.29 is 4.79 Å². The van der Waals surface area contributed by atoms with E-state index in [0.29, 0.717) is 0 Å². The van der Waals surface area contributed by atoms with Crippen molar-refractivity contribution in [2.24, 2.45) is 5.92 Å². The van der Waals surface area contributed by atoms with E-state index in [1.165, 1.54) is 51.0 Å². The highest BCUT2D eigenvalue weighted by molar-refractivity contribution is 5.44. The number of carbonyl (C=O) groups excluding carboxylic acids is 1. The number of hydrogen-bond donors (Lipinski definition) is 0. The second-order valence-electron chi connectivity index (χ2n) is 4.45. The highest BCUT2D eigenvalue weighted by Gasteiger charge is 2.14. The fourth-order valence-electron chi connectivity index (χ4n) is 2.34. The Hall–Kier alpha value is -1.33. The molecule has 1 fully saturated rings. The van der Waals surface area contributed by atoms with Crippen LogP contribution >= 0.6 is 0 Å². The van der Waals surface area contributed by atoms with E-state index in [0.717, 1.165) is 12.2 Å². The summed E-state index contributed by atoms with van der Waals surface area (Å²) in [5, 5.41) is 0. The minimum atomic E-state index is 0.750. The van der Waals surface area contributed by atoms with Crippen molar-refractivity contribution >= 4 is 6.29 Å². The fraction of sp³-hybridized carbons (Fsp3) is 0.556. The molecule has 19 heavy (non-hydrogen) atoms. The number of hydrogen-bond acceptors (Lipinski definition) is 1. The van der Waals surface area contributed by atoms with Crippen LogP contribution in [-0.4, -0.2) is 6.29 Å². The van der Waals surface area contributed by atoms with E-state index in [1.807, 2.05) is 19.9 Å². The Kier molecular flexibility index (Phi) is 12.2. The maximum absolute atomic E-state index is 8.81. The summed E-state index contributed by atoms with van der Waals surface area (Å²) in [4.78, 5) is 8.81. The molecule has 0 spiro atoms. The summed E-state index contributed by atoms with van der Waals surface area (Å²) in [6.45, 7) is 5.44. The molecule has 106 valence electrons. The first-order valence-corrected chi connectivity index (χ1v) is 7.57. The van der Waals surface area contributed by atoms with Gasteiger partial charge in [-0.05, 0) is 43.4 Å². The van der Waals surface area contributed by atoms with Crippen molar-refractivity contribution in [3.05, 3.63) is 41.7 Å². The predicted molar refractivity (Wildman–Crippen MR) is 84.2 cm³/mol. The summed E-state index contributed by atoms with van der Waals surface area (Å²) in [5.41, 5.74) is 4.69. The van der Waals surface area contributed by atoms with Crippen molar-refractivity contribution in [1.82, 2.24) is 0 Å². The van der Waals surface area contributed by atoms with Gasteiger partial charge < -0.3 is 4.79 Å². The smallest absolute Gasteiger partial charge is 0.116 e. The van der Waals surface area contributed by atoms with Crippen LogP contribution in [-0.2, 0) is 4.79 Å². The Morgan fingerprint density at radius 2 is 1.68 bits per heavy atom. The molecule has 0 unspecified atom stereocenters. The van der Waals surface area contributed by atoms with E-state index in [2.05, 4.69) is 30.0 Å². The molecule has 0 bridgehead atoms. The van der Waals surface area contributed by atoms with Crippen LogP contribution in [0.3, 0.4) is 0 Å². The maximum atomic E-state index is 8.81. The number of aldehydes is 1. The normalized spacial score (nSPS) is 17.9. The standard InChI is InChI=1S/C14H18.C2H4O.C2H6/c1-2-6-10-13(9-5-1)14-11-7-3-4-8-12-14;1-2-3;1-2/h1-2,5,9-10,14H,3-4,7-8,11-12H2;2H,1H3;1-2H3. The lowest BCUT2D eigenvalue weighted by Gasteiger charge is -2.14. The molecule has 1 heteroatoms. The van der Waals surface area contributed by atoms with Gasteiger partial charge in [-0.2, -0.15) is 0 Å². The largest absolute Gasteiger partial charge is 0.304 e. The third kappa shape index (κ3) is 8.40. The number of carbonyl (C=O) groups is 1. The summed E-state index contributed by atoms with van der Waals surface area (Å²) in [5.74, 6) is 0.793. The van der Waals surface area contributed by atoms with Crippen molar-refractivity contribution in [2.45, 2.75) is 59.3 Å². The van der Waals surface area contributed by atoms with Crippen LogP contribution in [0.2, 0.25) is 0 Å². The summed E-state index contributed by atoms with van der Waals surface area (Å²) in [6, 6.07) is 0. The molecule has 0 aromatic heterocycles. The van der Waals surface area contributed by atoms with Gasteiger partial charge in [0.25, 0.3) is 0 Å². The number of allylic oxidation sites excluding steroid dienone is 5. The lowest BCUT2D eigenvalue weighted by atomic mass is 9.91. The van der Waals surface area contributed by atoms with Gasteiger partial charge in [0.05, 0.1) is 0 Å². The third-order valence-corrected chi connectivity index (χ3v) is 3.17. The van der Waals surface area contributed by atoms with Crippen molar-refractivity contribution in [3.8, 4) is 0 Å². The second kappa shape index (κ2) is 13.1. The van der Waals surface area contributed by atoms with E-state index in [-0.39, 0.29) is 0 Å². The third-order valence-electron chi connectivity index (χ3n) is 3.17. The Labute approximate surface area is 118 Å². The first kappa shape index (κ1) is 17.7. The van der Waals surface area contributed by atoms with Crippen molar-refractivity contribution in [3.63, 3.8) is 0 Å². The van der Waals surface area contributed by atoms with E-state index in [4.69, 9.17) is 4.79 Å². The predicted octanol–water partition coefficient (Wildman–Crippen LogP) is 5.40. The minimum absolute atomic E-state index is 0.750. The quantitative estimate of drug-likeness (QED) is 0.351. The van der Waals surface area contributed by atoms with Crippen LogP contribution in [0.15, 0.2) is 41.7 Å². The van der Waals surface area contributed by atoms with E-state index in [1.54, 1.807) is 0 Å². The van der Waals surface area contributed by atoms with Gasteiger partial charge in [0.15, 0.2) is 0 Å². The van der Waals surface area contributed by atoms with Crippen LogP contribution in [0.5, 0.6) is 0 Å². The summed E-state index contributed by atoms with van der Waals surface area (Å²) >= 11 is 0. The fourth-order valence-corrected chi connectivity index (χ4v) is 2.34. The molecule has 0 N–H and O–H groups in total. The molecule has 2 aliphatic rings. The van der Waals surface area contributed by atoms with Gasteiger partial charge in [-0.3, -0.25) is 0 Å². The molecule has 2 rings (SSSR count). The van der Waals surface area contributed by atoms with Crippen LogP contribution in [0.4, 0.5) is 0 Å². The molecular weight excluding hydrogens is 232 g/mol. The van der Waals surface area contributed by atoms with Crippen molar-refractivity contribution in [2.75, 3.05) is 0 Å². The topological polar surface area (TPSA) is 17.1 Å². The minimum Gasteiger partial charge on any atom is -0.304 e. The lowest BCUT2D eigenvalue weighted by molar-refractivity contribution is -0.106. The highest BCUT2D eigenvalue weighted by Crippen LogP contribution is 2.29. The van der Waals surface area contributed by atoms with Crippen LogP contribution < -0.4 is 0 Å². The van der Waals surface area contributed by atoms with Crippen LogP contribution in [0.25, 0.3) is 0 Å². The molecule has 0 heterocycles. The first-order chi connectivity index (χ1) is 9.38. The first-order valence-electron chi connectivity index (χ1n) is 7.57. The zero-order valence-electron chi connectivity index (χ0n) is 12.7. The Morgan fingerprint density at radius 1 is 1.11 bits per heavy atom. The van der Waals surface area contributed by atoms with E-state index in [9.17, 15) is 0 Å². The van der Waals surface area contributed by atoms with Gasteiger partial charge >= 0.3 is 0 Å². The Morgan fingerprint density at radius 3 is 2.26 bits per heavy atom. The monoisotopic (exact) mass is 260 g/mol. The average molecular weight is 260 g/mol. The molecular formula is C18H28O. The maximum Gasteiger partial charge on any atom is 0.116 e. The molecule has 0 atom stereocenters. The van der Waals surface area contributed by atoms with Gasteiger partial charge in [-0.1, -0.05) is 57.8 Å². The summed E-state index contributed by atoms with van der Waals surface area (Å²) < 4.78 is 0. The number of rotatable bonds is 1. The second-order valence-corrected chi connectivity index (χ2v) is 4.45. The lowest BCUT2D eigenvalue weighted by Crippen LogP contribution is -2.00. The molecule has 0 aromatic rings. The van der Waals surface area contributed by atoms with Gasteiger partial charge in [-0.25, -0.2) is 0 Å². The average Bonchev–Trinajstić information content (AvgIpc) is 2.86. The molecule has 1 nitrogen and oxygen atoms in total. The molecule has 2 aliphatic carbocycles. The molecule has 0 aromatic carbocycles. The Bertz CT molecular complexity index is 333. The summed E-state index contributed by atoms with van der Waals surface area (Å²) in [7, 11) is 0. The van der Waals surface area contributed by atoms with Crippen LogP contribution in [0.1, 0.15) is 59.3 Å². The van der Waals surface area contributed by atoms with Gasteiger partial charge in [0.2, 0.25) is 0 Å². The van der Waals surface area contributed by atoms with Gasteiger partial charge in [-0.15, -0.1) is 5.73 Å². The van der Waals surface area contributed by atoms with E-state index < -0.39 is 0 Å².